The molecule has 24 heavy (non-hydrogen) atoms. The van der Waals surface area contributed by atoms with Gasteiger partial charge in [0.1, 0.15) is 5.75 Å². The highest BCUT2D eigenvalue weighted by atomic mass is 16.5. The summed E-state index contributed by atoms with van der Waals surface area (Å²) in [4.78, 5) is 16.9. The first-order valence-corrected chi connectivity index (χ1v) is 8.68. The smallest absolute Gasteiger partial charge is 0.227 e. The second-order valence-electron chi connectivity index (χ2n) is 6.45. The monoisotopic (exact) mass is 334 g/mol. The molecule has 1 amide bonds. The molecule has 2 aliphatic heterocycles. The SMILES string of the molecule is O=C(Cc1cccc(O)c1)N1CCCO[C@@H](CN2CCOCC2)C1. The molecule has 1 aromatic carbocycles. The van der Waals surface area contributed by atoms with Gasteiger partial charge in [0.25, 0.3) is 0 Å². The standard InChI is InChI=1S/C18H26N2O4/c21-16-4-1-3-15(11-16)12-18(22)20-5-2-8-24-17(14-20)13-19-6-9-23-10-7-19/h1,3-4,11,17,21H,2,5-10,12-14H2/t17-/m0/s1. The summed E-state index contributed by atoms with van der Waals surface area (Å²) in [5.74, 6) is 0.294. The van der Waals surface area contributed by atoms with Crippen LogP contribution in [0, 0.1) is 0 Å². The zero-order valence-electron chi connectivity index (χ0n) is 14.0. The van der Waals surface area contributed by atoms with E-state index in [0.29, 0.717) is 19.6 Å². The molecule has 1 atom stereocenters. The molecule has 3 rings (SSSR count). The fourth-order valence-electron chi connectivity index (χ4n) is 3.26. The molecule has 2 aliphatic rings. The van der Waals surface area contributed by atoms with Gasteiger partial charge in [-0.15, -0.1) is 0 Å². The Morgan fingerprint density at radius 2 is 2.04 bits per heavy atom. The van der Waals surface area contributed by atoms with Gasteiger partial charge in [0.15, 0.2) is 0 Å². The normalized spacial score (nSPS) is 23.0. The third-order valence-corrected chi connectivity index (χ3v) is 4.53. The zero-order valence-corrected chi connectivity index (χ0v) is 14.0. The van der Waals surface area contributed by atoms with E-state index in [1.807, 2.05) is 11.0 Å². The first-order chi connectivity index (χ1) is 11.7. The van der Waals surface area contributed by atoms with Gasteiger partial charge in [-0.1, -0.05) is 12.1 Å². The molecule has 6 nitrogen and oxygen atoms in total. The number of aromatic hydroxyl groups is 1. The Morgan fingerprint density at radius 3 is 2.83 bits per heavy atom. The number of ether oxygens (including phenoxy) is 2. The van der Waals surface area contributed by atoms with Crippen LogP contribution in [0.2, 0.25) is 0 Å². The summed E-state index contributed by atoms with van der Waals surface area (Å²) in [7, 11) is 0. The van der Waals surface area contributed by atoms with Crippen LogP contribution >= 0.6 is 0 Å². The summed E-state index contributed by atoms with van der Waals surface area (Å²) in [5, 5.41) is 9.55. The van der Waals surface area contributed by atoms with Crippen LogP contribution in [0.15, 0.2) is 24.3 Å². The molecule has 0 aromatic heterocycles. The predicted octanol–water partition coefficient (Wildman–Crippen LogP) is 0.884. The number of rotatable bonds is 4. The van der Waals surface area contributed by atoms with Crippen molar-refractivity contribution in [2.24, 2.45) is 0 Å². The summed E-state index contributed by atoms with van der Waals surface area (Å²) in [5.41, 5.74) is 0.842. The number of morpholine rings is 1. The maximum Gasteiger partial charge on any atom is 0.227 e. The van der Waals surface area contributed by atoms with Gasteiger partial charge in [-0.2, -0.15) is 0 Å². The van der Waals surface area contributed by atoms with Crippen molar-refractivity contribution in [3.63, 3.8) is 0 Å². The number of benzene rings is 1. The van der Waals surface area contributed by atoms with Crippen LogP contribution in [-0.4, -0.2) is 79.5 Å². The van der Waals surface area contributed by atoms with Crippen LogP contribution in [-0.2, 0) is 20.7 Å². The lowest BCUT2D eigenvalue weighted by Gasteiger charge is -2.31. The number of hydrogen-bond donors (Lipinski definition) is 1. The Bertz CT molecular complexity index is 546. The molecule has 2 heterocycles. The van der Waals surface area contributed by atoms with E-state index in [0.717, 1.165) is 51.4 Å². The topological polar surface area (TPSA) is 62.2 Å². The number of nitrogens with zero attached hydrogens (tertiary/aromatic N) is 2. The minimum Gasteiger partial charge on any atom is -0.508 e. The fourth-order valence-corrected chi connectivity index (χ4v) is 3.26. The Hall–Kier alpha value is -1.63. The largest absolute Gasteiger partial charge is 0.508 e. The van der Waals surface area contributed by atoms with Crippen LogP contribution in [0.5, 0.6) is 5.75 Å². The number of phenolic OH excluding ortho intramolecular Hbond substituents is 1. The number of amides is 1. The molecule has 132 valence electrons. The van der Waals surface area contributed by atoms with Gasteiger partial charge in [0.05, 0.1) is 25.7 Å². The molecule has 6 heteroatoms. The average molecular weight is 334 g/mol. The molecule has 1 aromatic rings. The maximum absolute atomic E-state index is 12.6. The lowest BCUT2D eigenvalue weighted by Crippen LogP contribution is -2.46. The first kappa shape index (κ1) is 17.2. The molecule has 0 bridgehead atoms. The summed E-state index contributed by atoms with van der Waals surface area (Å²) in [6.07, 6.45) is 1.24. The van der Waals surface area contributed by atoms with Crippen molar-refractivity contribution in [2.75, 3.05) is 52.5 Å². The van der Waals surface area contributed by atoms with Crippen molar-refractivity contribution < 1.29 is 19.4 Å². The molecule has 0 unspecified atom stereocenters. The fraction of sp³-hybridized carbons (Fsp3) is 0.611. The van der Waals surface area contributed by atoms with Crippen LogP contribution in [0.3, 0.4) is 0 Å². The highest BCUT2D eigenvalue weighted by Gasteiger charge is 2.25. The van der Waals surface area contributed by atoms with Crippen molar-refractivity contribution in [2.45, 2.75) is 18.9 Å². The minimum atomic E-state index is 0.0544. The van der Waals surface area contributed by atoms with Crippen molar-refractivity contribution in [3.8, 4) is 5.75 Å². The van der Waals surface area contributed by atoms with Crippen molar-refractivity contribution in [1.82, 2.24) is 9.80 Å². The summed E-state index contributed by atoms with van der Waals surface area (Å²) in [6, 6.07) is 6.91. The van der Waals surface area contributed by atoms with Crippen LogP contribution in [0.25, 0.3) is 0 Å². The van der Waals surface area contributed by atoms with E-state index >= 15 is 0 Å². The molecule has 2 fully saturated rings. The van der Waals surface area contributed by atoms with Crippen LogP contribution in [0.1, 0.15) is 12.0 Å². The van der Waals surface area contributed by atoms with Crippen molar-refractivity contribution in [3.05, 3.63) is 29.8 Å². The van der Waals surface area contributed by atoms with Gasteiger partial charge in [0.2, 0.25) is 5.91 Å². The lowest BCUT2D eigenvalue weighted by molar-refractivity contribution is -0.131. The zero-order chi connectivity index (χ0) is 16.8. The Balaban J connectivity index is 1.56. The molecule has 0 aliphatic carbocycles. The highest BCUT2D eigenvalue weighted by Crippen LogP contribution is 2.14. The third-order valence-electron chi connectivity index (χ3n) is 4.53. The maximum atomic E-state index is 12.6. The second-order valence-corrected chi connectivity index (χ2v) is 6.45. The van der Waals surface area contributed by atoms with E-state index in [4.69, 9.17) is 9.47 Å². The molecule has 0 saturated carbocycles. The second kappa shape index (κ2) is 8.46. The molecule has 2 saturated heterocycles. The molecule has 1 N–H and O–H groups in total. The van der Waals surface area contributed by atoms with E-state index in [-0.39, 0.29) is 17.8 Å². The quantitative estimate of drug-likeness (QED) is 0.886. The van der Waals surface area contributed by atoms with Crippen molar-refractivity contribution in [1.29, 1.82) is 0 Å². The van der Waals surface area contributed by atoms with E-state index in [2.05, 4.69) is 4.90 Å². The minimum absolute atomic E-state index is 0.0544. The van der Waals surface area contributed by atoms with E-state index < -0.39 is 0 Å². The Labute approximate surface area is 143 Å². The predicted molar refractivity (Wildman–Crippen MR) is 90.0 cm³/mol. The molecular formula is C18H26N2O4. The van der Waals surface area contributed by atoms with Gasteiger partial charge in [0, 0.05) is 39.3 Å². The van der Waals surface area contributed by atoms with E-state index in [1.165, 1.54) is 0 Å². The first-order valence-electron chi connectivity index (χ1n) is 8.68. The van der Waals surface area contributed by atoms with Gasteiger partial charge < -0.3 is 19.5 Å². The number of phenols is 1. The van der Waals surface area contributed by atoms with Gasteiger partial charge in [-0.25, -0.2) is 0 Å². The van der Waals surface area contributed by atoms with Gasteiger partial charge in [-0.05, 0) is 24.1 Å². The number of hydrogen-bond acceptors (Lipinski definition) is 5. The molecule has 0 spiro atoms. The number of carbonyl (C=O) groups excluding carboxylic acids is 1. The summed E-state index contributed by atoms with van der Waals surface area (Å²) >= 11 is 0. The average Bonchev–Trinajstić information content (AvgIpc) is 2.81. The van der Waals surface area contributed by atoms with E-state index in [1.54, 1.807) is 18.2 Å². The van der Waals surface area contributed by atoms with E-state index in [9.17, 15) is 9.90 Å². The molecule has 0 radical (unpaired) electrons. The van der Waals surface area contributed by atoms with Gasteiger partial charge in [-0.3, -0.25) is 9.69 Å². The van der Waals surface area contributed by atoms with Gasteiger partial charge >= 0.3 is 0 Å². The van der Waals surface area contributed by atoms with Crippen LogP contribution in [0.4, 0.5) is 0 Å². The third kappa shape index (κ3) is 4.93. The molecular weight excluding hydrogens is 308 g/mol. The highest BCUT2D eigenvalue weighted by molar-refractivity contribution is 5.79. The summed E-state index contributed by atoms with van der Waals surface area (Å²) in [6.45, 7) is 6.31. The lowest BCUT2D eigenvalue weighted by atomic mass is 10.1. The number of carbonyl (C=O) groups is 1. The summed E-state index contributed by atoms with van der Waals surface area (Å²) < 4.78 is 11.3. The Kier molecular flexibility index (Phi) is 6.07. The van der Waals surface area contributed by atoms with Crippen LogP contribution < -0.4 is 0 Å². The van der Waals surface area contributed by atoms with Crippen molar-refractivity contribution >= 4 is 5.91 Å². The Morgan fingerprint density at radius 1 is 1.21 bits per heavy atom.